The van der Waals surface area contributed by atoms with Crippen LogP contribution in [0.5, 0.6) is 0 Å². The van der Waals surface area contributed by atoms with Gasteiger partial charge in [0.2, 0.25) is 0 Å². The molecule has 1 aliphatic rings. The number of ether oxygens (including phenoxy) is 2. The summed E-state index contributed by atoms with van der Waals surface area (Å²) < 4.78 is 9.97. The standard InChI is InChI=1S/C13H23NO5/c1-8-9(10(15)18-6)14(7-13(8,5)17)11(16)19-12(2,3)4/h8-9,17H,7H2,1-6H3/t8-,9-,13+/m0/s1. The molecule has 1 N–H and O–H groups in total. The van der Waals surface area contributed by atoms with E-state index in [-0.39, 0.29) is 6.54 Å². The van der Waals surface area contributed by atoms with E-state index in [4.69, 9.17) is 9.47 Å². The maximum atomic E-state index is 12.1. The second-order valence-electron chi connectivity index (χ2n) is 6.22. The van der Waals surface area contributed by atoms with Crippen molar-refractivity contribution in [2.75, 3.05) is 13.7 Å². The molecule has 0 aromatic rings. The van der Waals surface area contributed by atoms with Crippen molar-refractivity contribution in [3.05, 3.63) is 0 Å². The van der Waals surface area contributed by atoms with E-state index in [0.717, 1.165) is 0 Å². The van der Waals surface area contributed by atoms with Crippen molar-refractivity contribution in [2.45, 2.75) is 51.9 Å². The van der Waals surface area contributed by atoms with E-state index in [9.17, 15) is 14.7 Å². The molecule has 0 saturated carbocycles. The lowest BCUT2D eigenvalue weighted by Crippen LogP contribution is -2.45. The van der Waals surface area contributed by atoms with E-state index in [1.807, 2.05) is 0 Å². The van der Waals surface area contributed by atoms with Gasteiger partial charge in [-0.3, -0.25) is 4.90 Å². The number of methoxy groups -OCH3 is 1. The third-order valence-corrected chi connectivity index (χ3v) is 3.35. The minimum Gasteiger partial charge on any atom is -0.467 e. The summed E-state index contributed by atoms with van der Waals surface area (Å²) >= 11 is 0. The first-order valence-corrected chi connectivity index (χ1v) is 6.29. The number of β-amino-alcohol motifs (C(OH)–C–C–N with tert-alkyl or cyclic N) is 1. The van der Waals surface area contributed by atoms with Crippen LogP contribution in [-0.4, -0.2) is 53.0 Å². The smallest absolute Gasteiger partial charge is 0.411 e. The van der Waals surface area contributed by atoms with Crippen LogP contribution in [0, 0.1) is 5.92 Å². The molecule has 110 valence electrons. The highest BCUT2D eigenvalue weighted by Crippen LogP contribution is 2.34. The number of carbonyl (C=O) groups is 2. The Balaban J connectivity index is 2.97. The zero-order valence-electron chi connectivity index (χ0n) is 12.4. The van der Waals surface area contributed by atoms with Crippen molar-refractivity contribution in [3.8, 4) is 0 Å². The molecule has 6 nitrogen and oxygen atoms in total. The highest BCUT2D eigenvalue weighted by atomic mass is 16.6. The molecule has 1 amide bonds. The average molecular weight is 273 g/mol. The van der Waals surface area contributed by atoms with Crippen molar-refractivity contribution < 1.29 is 24.2 Å². The molecule has 3 atom stereocenters. The SMILES string of the molecule is COC(=O)[C@@H]1[C@H](C)[C@](C)(O)CN1C(=O)OC(C)(C)C. The second kappa shape index (κ2) is 5.00. The molecular formula is C13H23NO5. The minimum absolute atomic E-state index is 0.0445. The van der Waals surface area contributed by atoms with Gasteiger partial charge in [0, 0.05) is 5.92 Å². The molecule has 0 unspecified atom stereocenters. The van der Waals surface area contributed by atoms with Crippen molar-refractivity contribution >= 4 is 12.1 Å². The summed E-state index contributed by atoms with van der Waals surface area (Å²) in [6.07, 6.45) is -0.618. The van der Waals surface area contributed by atoms with Gasteiger partial charge in [0.25, 0.3) is 0 Å². The van der Waals surface area contributed by atoms with Gasteiger partial charge in [-0.15, -0.1) is 0 Å². The summed E-state index contributed by atoms with van der Waals surface area (Å²) in [6.45, 7) is 8.59. The molecule has 1 rings (SSSR count). The summed E-state index contributed by atoms with van der Waals surface area (Å²) in [7, 11) is 1.26. The lowest BCUT2D eigenvalue weighted by atomic mass is 9.90. The van der Waals surface area contributed by atoms with Gasteiger partial charge in [0.05, 0.1) is 19.3 Å². The lowest BCUT2D eigenvalue weighted by molar-refractivity contribution is -0.147. The molecule has 0 bridgehead atoms. The molecule has 1 aliphatic heterocycles. The Kier molecular flexibility index (Phi) is 4.14. The fraction of sp³-hybridized carbons (Fsp3) is 0.846. The number of esters is 1. The van der Waals surface area contributed by atoms with Crippen molar-refractivity contribution in [3.63, 3.8) is 0 Å². The maximum Gasteiger partial charge on any atom is 0.411 e. The van der Waals surface area contributed by atoms with E-state index in [0.29, 0.717) is 0 Å². The summed E-state index contributed by atoms with van der Waals surface area (Å²) in [5.74, 6) is -0.969. The van der Waals surface area contributed by atoms with E-state index >= 15 is 0 Å². The second-order valence-corrected chi connectivity index (χ2v) is 6.22. The fourth-order valence-corrected chi connectivity index (χ4v) is 2.15. The largest absolute Gasteiger partial charge is 0.467 e. The average Bonchev–Trinajstić information content (AvgIpc) is 2.47. The van der Waals surface area contributed by atoms with E-state index in [1.54, 1.807) is 34.6 Å². The van der Waals surface area contributed by atoms with Gasteiger partial charge >= 0.3 is 12.1 Å². The molecule has 1 fully saturated rings. The Bertz CT molecular complexity index is 372. The number of aliphatic hydroxyl groups is 1. The molecule has 6 heteroatoms. The predicted molar refractivity (Wildman–Crippen MR) is 68.5 cm³/mol. The number of amides is 1. The summed E-state index contributed by atoms with van der Waals surface area (Å²) in [5.41, 5.74) is -1.80. The number of nitrogens with zero attached hydrogens (tertiary/aromatic N) is 1. The molecule has 0 radical (unpaired) electrons. The molecule has 0 spiro atoms. The van der Waals surface area contributed by atoms with Crippen LogP contribution in [0.3, 0.4) is 0 Å². The molecular weight excluding hydrogens is 250 g/mol. The third kappa shape index (κ3) is 3.37. The first-order valence-electron chi connectivity index (χ1n) is 6.29. The van der Waals surface area contributed by atoms with Gasteiger partial charge < -0.3 is 14.6 Å². The van der Waals surface area contributed by atoms with Crippen molar-refractivity contribution in [2.24, 2.45) is 5.92 Å². The van der Waals surface area contributed by atoms with Crippen LogP contribution in [0.2, 0.25) is 0 Å². The predicted octanol–water partition coefficient (Wildman–Crippen LogP) is 1.17. The van der Waals surface area contributed by atoms with Gasteiger partial charge in [-0.1, -0.05) is 6.92 Å². The van der Waals surface area contributed by atoms with Gasteiger partial charge in [0.1, 0.15) is 11.6 Å². The number of rotatable bonds is 1. The zero-order chi connectivity index (χ0) is 15.0. The third-order valence-electron chi connectivity index (χ3n) is 3.35. The Labute approximate surface area is 113 Å². The Morgan fingerprint density at radius 3 is 2.32 bits per heavy atom. The lowest BCUT2D eigenvalue weighted by Gasteiger charge is -2.28. The van der Waals surface area contributed by atoms with Gasteiger partial charge in [0.15, 0.2) is 0 Å². The van der Waals surface area contributed by atoms with Crippen LogP contribution in [-0.2, 0) is 14.3 Å². The van der Waals surface area contributed by atoms with Gasteiger partial charge in [-0.05, 0) is 27.7 Å². The zero-order valence-corrected chi connectivity index (χ0v) is 12.4. The molecule has 1 saturated heterocycles. The monoisotopic (exact) mass is 273 g/mol. The molecule has 0 aromatic heterocycles. The topological polar surface area (TPSA) is 76.1 Å². The highest BCUT2D eigenvalue weighted by molar-refractivity contribution is 5.83. The van der Waals surface area contributed by atoms with E-state index < -0.39 is 35.2 Å². The normalized spacial score (nSPS) is 31.2. The maximum absolute atomic E-state index is 12.1. The quantitative estimate of drug-likeness (QED) is 0.726. The van der Waals surface area contributed by atoms with E-state index in [2.05, 4.69) is 0 Å². The Morgan fingerprint density at radius 2 is 1.89 bits per heavy atom. The van der Waals surface area contributed by atoms with Crippen molar-refractivity contribution in [1.82, 2.24) is 4.90 Å². The van der Waals surface area contributed by atoms with Crippen LogP contribution in [0.1, 0.15) is 34.6 Å². The van der Waals surface area contributed by atoms with Crippen LogP contribution in [0.4, 0.5) is 4.79 Å². The summed E-state index contributed by atoms with van der Waals surface area (Å²) in [5, 5.41) is 10.2. The van der Waals surface area contributed by atoms with E-state index in [1.165, 1.54) is 12.0 Å². The molecule has 0 aromatic carbocycles. The van der Waals surface area contributed by atoms with Crippen LogP contribution >= 0.6 is 0 Å². The van der Waals surface area contributed by atoms with Gasteiger partial charge in [-0.2, -0.15) is 0 Å². The Morgan fingerprint density at radius 1 is 1.37 bits per heavy atom. The molecule has 19 heavy (non-hydrogen) atoms. The number of hydrogen-bond acceptors (Lipinski definition) is 5. The van der Waals surface area contributed by atoms with Gasteiger partial charge in [-0.25, -0.2) is 9.59 Å². The fourth-order valence-electron chi connectivity index (χ4n) is 2.15. The number of likely N-dealkylation sites (tertiary alicyclic amines) is 1. The number of hydrogen-bond donors (Lipinski definition) is 1. The summed E-state index contributed by atoms with van der Waals surface area (Å²) in [6, 6.07) is -0.824. The molecule has 0 aliphatic carbocycles. The van der Waals surface area contributed by atoms with Crippen LogP contribution < -0.4 is 0 Å². The summed E-state index contributed by atoms with van der Waals surface area (Å²) in [4.78, 5) is 25.2. The van der Waals surface area contributed by atoms with Crippen LogP contribution in [0.25, 0.3) is 0 Å². The first-order chi connectivity index (χ1) is 8.49. The van der Waals surface area contributed by atoms with Crippen molar-refractivity contribution in [1.29, 1.82) is 0 Å². The first kappa shape index (κ1) is 15.8. The Hall–Kier alpha value is -1.30. The highest BCUT2D eigenvalue weighted by Gasteiger charge is 2.52. The number of carbonyl (C=O) groups excluding carboxylic acids is 2. The minimum atomic E-state index is -1.14. The molecule has 1 heterocycles. The van der Waals surface area contributed by atoms with Crippen LogP contribution in [0.15, 0.2) is 0 Å².